The fourth-order valence-corrected chi connectivity index (χ4v) is 2.10. The van der Waals surface area contributed by atoms with Crippen LogP contribution >= 0.6 is 0 Å². The minimum Gasteiger partial charge on any atom is -0.383 e. The molecule has 0 radical (unpaired) electrons. The second kappa shape index (κ2) is 5.65. The predicted molar refractivity (Wildman–Crippen MR) is 65.2 cm³/mol. The molecule has 4 heteroatoms. The normalized spacial score (nSPS) is 18.9. The lowest BCUT2D eigenvalue weighted by Crippen LogP contribution is -2.13. The number of hydrogen-bond donors (Lipinski definition) is 2. The third-order valence-electron chi connectivity index (χ3n) is 3.13. The Kier molecular flexibility index (Phi) is 3.94. The lowest BCUT2D eigenvalue weighted by Gasteiger charge is -2.11. The number of nitrogens with zero attached hydrogens (tertiary/aromatic N) is 1. The molecule has 1 aliphatic heterocycles. The Balaban J connectivity index is 1.84. The zero-order valence-electron chi connectivity index (χ0n) is 9.67. The third kappa shape index (κ3) is 3.18. The first-order valence-electron chi connectivity index (χ1n) is 5.94. The van der Waals surface area contributed by atoms with E-state index in [9.17, 15) is 4.39 Å². The van der Waals surface area contributed by atoms with E-state index in [0.717, 1.165) is 26.1 Å². The van der Waals surface area contributed by atoms with Gasteiger partial charge in [0.2, 0.25) is 0 Å². The SMILES string of the molecule is N#Cc1ccc(NCCC2CCNC2)c(F)c1. The van der Waals surface area contributed by atoms with Crippen molar-refractivity contribution in [2.24, 2.45) is 5.92 Å². The summed E-state index contributed by atoms with van der Waals surface area (Å²) in [6.45, 7) is 2.93. The number of rotatable bonds is 4. The fraction of sp³-hybridized carbons (Fsp3) is 0.462. The van der Waals surface area contributed by atoms with Crippen molar-refractivity contribution in [3.05, 3.63) is 29.6 Å². The van der Waals surface area contributed by atoms with Gasteiger partial charge in [0.15, 0.2) is 0 Å². The van der Waals surface area contributed by atoms with E-state index >= 15 is 0 Å². The lowest BCUT2D eigenvalue weighted by molar-refractivity contribution is 0.547. The van der Waals surface area contributed by atoms with Gasteiger partial charge in [-0.3, -0.25) is 0 Å². The first kappa shape index (κ1) is 11.9. The number of anilines is 1. The molecule has 3 nitrogen and oxygen atoms in total. The van der Waals surface area contributed by atoms with Crippen molar-refractivity contribution in [1.29, 1.82) is 5.26 Å². The molecular weight excluding hydrogens is 217 g/mol. The van der Waals surface area contributed by atoms with Gasteiger partial charge in [-0.25, -0.2) is 4.39 Å². The van der Waals surface area contributed by atoms with Crippen molar-refractivity contribution >= 4 is 5.69 Å². The average molecular weight is 233 g/mol. The maximum absolute atomic E-state index is 13.5. The van der Waals surface area contributed by atoms with Crippen LogP contribution in [0.5, 0.6) is 0 Å². The Hall–Kier alpha value is -1.60. The summed E-state index contributed by atoms with van der Waals surface area (Å²) in [5, 5.41) is 15.0. The van der Waals surface area contributed by atoms with Crippen LogP contribution in [-0.4, -0.2) is 19.6 Å². The largest absolute Gasteiger partial charge is 0.383 e. The van der Waals surface area contributed by atoms with Crippen molar-refractivity contribution < 1.29 is 4.39 Å². The Morgan fingerprint density at radius 1 is 1.53 bits per heavy atom. The number of halogens is 1. The highest BCUT2D eigenvalue weighted by atomic mass is 19.1. The van der Waals surface area contributed by atoms with Crippen LogP contribution in [0.4, 0.5) is 10.1 Å². The summed E-state index contributed by atoms with van der Waals surface area (Å²) in [5.41, 5.74) is 0.836. The highest BCUT2D eigenvalue weighted by Crippen LogP contribution is 2.17. The number of benzene rings is 1. The van der Waals surface area contributed by atoms with Crippen LogP contribution in [-0.2, 0) is 0 Å². The first-order chi connectivity index (χ1) is 8.29. The van der Waals surface area contributed by atoms with E-state index in [4.69, 9.17) is 5.26 Å². The quantitative estimate of drug-likeness (QED) is 0.837. The van der Waals surface area contributed by atoms with Crippen LogP contribution in [0.15, 0.2) is 18.2 Å². The summed E-state index contributed by atoms with van der Waals surface area (Å²) in [6.07, 6.45) is 2.25. The summed E-state index contributed by atoms with van der Waals surface area (Å²) in [5.74, 6) is 0.345. The van der Waals surface area contributed by atoms with Crippen LogP contribution < -0.4 is 10.6 Å². The molecule has 1 aromatic rings. The van der Waals surface area contributed by atoms with Gasteiger partial charge in [0.05, 0.1) is 17.3 Å². The maximum Gasteiger partial charge on any atom is 0.147 e. The zero-order valence-corrected chi connectivity index (χ0v) is 9.67. The molecule has 0 saturated carbocycles. The molecule has 0 aromatic heterocycles. The average Bonchev–Trinajstić information content (AvgIpc) is 2.84. The highest BCUT2D eigenvalue weighted by Gasteiger charge is 2.13. The van der Waals surface area contributed by atoms with Gasteiger partial charge in [0.25, 0.3) is 0 Å². The lowest BCUT2D eigenvalue weighted by atomic mass is 10.1. The van der Waals surface area contributed by atoms with Crippen LogP contribution in [0.25, 0.3) is 0 Å². The van der Waals surface area contributed by atoms with Gasteiger partial charge >= 0.3 is 0 Å². The van der Waals surface area contributed by atoms with Crippen molar-refractivity contribution in [2.45, 2.75) is 12.8 Å². The molecule has 2 rings (SSSR count). The minimum atomic E-state index is -0.353. The molecule has 1 aromatic carbocycles. The van der Waals surface area contributed by atoms with E-state index in [1.54, 1.807) is 12.1 Å². The summed E-state index contributed by atoms with van der Waals surface area (Å²) in [4.78, 5) is 0. The predicted octanol–water partition coefficient (Wildman–Crippen LogP) is 2.11. The summed E-state index contributed by atoms with van der Waals surface area (Å²) in [6, 6.07) is 6.44. The van der Waals surface area contributed by atoms with Crippen molar-refractivity contribution in [3.63, 3.8) is 0 Å². The molecule has 0 bridgehead atoms. The number of nitrogens with one attached hydrogen (secondary N) is 2. The Bertz CT molecular complexity index is 419. The molecule has 1 atom stereocenters. The minimum absolute atomic E-state index is 0.353. The van der Waals surface area contributed by atoms with Gasteiger partial charge < -0.3 is 10.6 Å². The van der Waals surface area contributed by atoms with Gasteiger partial charge in [-0.05, 0) is 50.0 Å². The fourth-order valence-electron chi connectivity index (χ4n) is 2.10. The maximum atomic E-state index is 13.5. The molecular formula is C13H16FN3. The topological polar surface area (TPSA) is 47.9 Å². The Labute approximate surface area is 101 Å². The molecule has 1 heterocycles. The highest BCUT2D eigenvalue weighted by molar-refractivity contribution is 5.48. The van der Waals surface area contributed by atoms with Crippen LogP contribution in [0.1, 0.15) is 18.4 Å². The van der Waals surface area contributed by atoms with Gasteiger partial charge in [-0.2, -0.15) is 5.26 Å². The van der Waals surface area contributed by atoms with E-state index < -0.39 is 0 Å². The molecule has 0 spiro atoms. The molecule has 17 heavy (non-hydrogen) atoms. The Morgan fingerprint density at radius 3 is 3.06 bits per heavy atom. The van der Waals surface area contributed by atoms with Crippen LogP contribution in [0.2, 0.25) is 0 Å². The van der Waals surface area contributed by atoms with Crippen molar-refractivity contribution in [1.82, 2.24) is 5.32 Å². The molecule has 0 amide bonds. The van der Waals surface area contributed by atoms with Crippen LogP contribution in [0, 0.1) is 23.1 Å². The first-order valence-corrected chi connectivity index (χ1v) is 5.94. The van der Waals surface area contributed by atoms with E-state index in [1.165, 1.54) is 12.5 Å². The standard InChI is InChI=1S/C13H16FN3/c14-12-7-11(8-15)1-2-13(12)17-6-4-10-3-5-16-9-10/h1-2,7,10,16-17H,3-6,9H2. The molecule has 1 unspecified atom stereocenters. The summed E-state index contributed by atoms with van der Waals surface area (Å²) >= 11 is 0. The van der Waals surface area contributed by atoms with E-state index in [2.05, 4.69) is 10.6 Å². The van der Waals surface area contributed by atoms with Crippen molar-refractivity contribution in [2.75, 3.05) is 25.0 Å². The van der Waals surface area contributed by atoms with Gasteiger partial charge in [-0.15, -0.1) is 0 Å². The molecule has 90 valence electrons. The molecule has 1 fully saturated rings. The third-order valence-corrected chi connectivity index (χ3v) is 3.13. The van der Waals surface area contributed by atoms with E-state index in [0.29, 0.717) is 17.2 Å². The zero-order chi connectivity index (χ0) is 12.1. The van der Waals surface area contributed by atoms with Crippen LogP contribution in [0.3, 0.4) is 0 Å². The van der Waals surface area contributed by atoms with Gasteiger partial charge in [0, 0.05) is 6.54 Å². The Morgan fingerprint density at radius 2 is 2.41 bits per heavy atom. The van der Waals surface area contributed by atoms with E-state index in [1.807, 2.05) is 6.07 Å². The second-order valence-electron chi connectivity index (χ2n) is 4.38. The summed E-state index contributed by atoms with van der Waals surface area (Å²) in [7, 11) is 0. The molecule has 2 N–H and O–H groups in total. The van der Waals surface area contributed by atoms with Crippen molar-refractivity contribution in [3.8, 4) is 6.07 Å². The molecule has 1 saturated heterocycles. The van der Waals surface area contributed by atoms with E-state index in [-0.39, 0.29) is 5.82 Å². The molecule has 0 aliphatic carbocycles. The van der Waals surface area contributed by atoms with Gasteiger partial charge in [0.1, 0.15) is 5.82 Å². The summed E-state index contributed by atoms with van der Waals surface area (Å²) < 4.78 is 13.5. The van der Waals surface area contributed by atoms with Gasteiger partial charge in [-0.1, -0.05) is 0 Å². The number of hydrogen-bond acceptors (Lipinski definition) is 3. The number of nitriles is 1. The smallest absolute Gasteiger partial charge is 0.147 e. The second-order valence-corrected chi connectivity index (χ2v) is 4.38. The monoisotopic (exact) mass is 233 g/mol. The molecule has 1 aliphatic rings.